The van der Waals surface area contributed by atoms with E-state index >= 15 is 0 Å². The Hall–Kier alpha value is -2.77. The fourth-order valence-corrected chi connectivity index (χ4v) is 4.88. The van der Waals surface area contributed by atoms with Crippen LogP contribution in [0.1, 0.15) is 40.4 Å². The number of hydrogen-bond donors (Lipinski definition) is 1. The van der Waals surface area contributed by atoms with Gasteiger partial charge in [0.25, 0.3) is 5.91 Å². The first-order valence-corrected chi connectivity index (χ1v) is 11.1. The lowest BCUT2D eigenvalue weighted by molar-refractivity contribution is -0.144. The Kier molecular flexibility index (Phi) is 6.58. The van der Waals surface area contributed by atoms with E-state index in [4.69, 9.17) is 4.74 Å². The van der Waals surface area contributed by atoms with Crippen molar-refractivity contribution in [2.45, 2.75) is 24.3 Å². The molecular weight excluding hydrogens is 409 g/mol. The van der Waals surface area contributed by atoms with Crippen molar-refractivity contribution >= 4 is 11.8 Å². The molecule has 1 atom stereocenters. The summed E-state index contributed by atoms with van der Waals surface area (Å²) < 4.78 is 19.6. The minimum atomic E-state index is -0.773. The van der Waals surface area contributed by atoms with Crippen molar-refractivity contribution in [2.24, 2.45) is 0 Å². The normalized spacial score (nSPS) is 21.2. The van der Waals surface area contributed by atoms with Gasteiger partial charge in [-0.2, -0.15) is 0 Å². The summed E-state index contributed by atoms with van der Waals surface area (Å²) in [6.45, 7) is 2.81. The molecule has 0 aromatic heterocycles. The molecule has 0 spiro atoms. The van der Waals surface area contributed by atoms with Crippen LogP contribution in [0.3, 0.4) is 0 Å². The van der Waals surface area contributed by atoms with Gasteiger partial charge in [0.05, 0.1) is 11.5 Å². The first-order chi connectivity index (χ1) is 15.4. The lowest BCUT2D eigenvalue weighted by atomic mass is 9.72. The van der Waals surface area contributed by atoms with Crippen LogP contribution in [0, 0.1) is 5.82 Å². The van der Waals surface area contributed by atoms with Gasteiger partial charge in [0.1, 0.15) is 5.82 Å². The summed E-state index contributed by atoms with van der Waals surface area (Å²) in [6.07, 6.45) is 1.08. The first kappa shape index (κ1) is 22.4. The molecule has 7 heteroatoms. The summed E-state index contributed by atoms with van der Waals surface area (Å²) in [4.78, 5) is 30.2. The number of carbonyl (C=O) groups is 2. The highest BCUT2D eigenvalue weighted by atomic mass is 19.1. The van der Waals surface area contributed by atoms with Crippen molar-refractivity contribution in [3.8, 4) is 0 Å². The Bertz CT molecular complexity index is 990. The molecule has 1 unspecified atom stereocenters. The van der Waals surface area contributed by atoms with Crippen LogP contribution in [-0.4, -0.2) is 68.6 Å². The van der Waals surface area contributed by atoms with Crippen LogP contribution in [0.25, 0.3) is 0 Å². The lowest BCUT2D eigenvalue weighted by Crippen LogP contribution is -2.56. The Morgan fingerprint density at radius 3 is 2.56 bits per heavy atom. The standard InChI is InChI=1S/C25H30FN3O3/c1-27-23(30)19-6-3-5-18(15-19)22-17-29(12-11-28(22)2)24(31)25(9-13-32-14-10-25)20-7-4-8-21(26)16-20/h3-8,15-16,22H,9-14,17H2,1-2H3,(H,27,30). The number of halogens is 1. The van der Waals surface area contributed by atoms with Crippen LogP contribution in [0.5, 0.6) is 0 Å². The summed E-state index contributed by atoms with van der Waals surface area (Å²) >= 11 is 0. The third kappa shape index (κ3) is 4.27. The predicted molar refractivity (Wildman–Crippen MR) is 120 cm³/mol. The zero-order valence-corrected chi connectivity index (χ0v) is 18.6. The van der Waals surface area contributed by atoms with Gasteiger partial charge >= 0.3 is 0 Å². The fraction of sp³-hybridized carbons (Fsp3) is 0.440. The molecule has 2 fully saturated rings. The number of hydrogen-bond acceptors (Lipinski definition) is 4. The second kappa shape index (κ2) is 9.38. The molecule has 0 aliphatic carbocycles. The van der Waals surface area contributed by atoms with Gasteiger partial charge in [-0.3, -0.25) is 14.5 Å². The van der Waals surface area contributed by atoms with Crippen LogP contribution < -0.4 is 5.32 Å². The van der Waals surface area contributed by atoms with Crippen LogP contribution in [-0.2, 0) is 14.9 Å². The van der Waals surface area contributed by atoms with Crippen molar-refractivity contribution in [2.75, 3.05) is 46.9 Å². The molecule has 2 aliphatic rings. The molecule has 2 heterocycles. The highest BCUT2D eigenvalue weighted by Crippen LogP contribution is 2.38. The van der Waals surface area contributed by atoms with E-state index in [0.29, 0.717) is 44.7 Å². The Morgan fingerprint density at radius 2 is 1.84 bits per heavy atom. The van der Waals surface area contributed by atoms with Gasteiger partial charge in [-0.25, -0.2) is 4.39 Å². The number of nitrogens with zero attached hydrogens (tertiary/aromatic N) is 2. The highest BCUT2D eigenvalue weighted by molar-refractivity contribution is 5.94. The zero-order chi connectivity index (χ0) is 22.7. The molecule has 2 amide bonds. The van der Waals surface area contributed by atoms with E-state index in [-0.39, 0.29) is 23.7 Å². The number of carbonyl (C=O) groups excluding carboxylic acids is 2. The topological polar surface area (TPSA) is 61.9 Å². The maximum absolute atomic E-state index is 14.1. The van der Waals surface area contributed by atoms with Gasteiger partial charge in [-0.15, -0.1) is 0 Å². The highest BCUT2D eigenvalue weighted by Gasteiger charge is 2.45. The first-order valence-electron chi connectivity index (χ1n) is 11.1. The van der Waals surface area contributed by atoms with Crippen LogP contribution in [0.15, 0.2) is 48.5 Å². The number of rotatable bonds is 4. The van der Waals surface area contributed by atoms with Gasteiger partial charge in [0.2, 0.25) is 5.91 Å². The SMILES string of the molecule is CNC(=O)c1cccc(C2CN(C(=O)C3(c4cccc(F)c4)CCOCC3)CCN2C)c1. The summed E-state index contributed by atoms with van der Waals surface area (Å²) in [5.41, 5.74) is 1.55. The molecule has 170 valence electrons. The fourth-order valence-electron chi connectivity index (χ4n) is 4.88. The van der Waals surface area contributed by atoms with Crippen LogP contribution >= 0.6 is 0 Å². The molecule has 1 N–H and O–H groups in total. The summed E-state index contributed by atoms with van der Waals surface area (Å²) in [5, 5.41) is 2.66. The molecular formula is C25H30FN3O3. The average Bonchev–Trinajstić information content (AvgIpc) is 2.84. The number of ether oxygens (including phenoxy) is 1. The minimum Gasteiger partial charge on any atom is -0.381 e. The number of likely N-dealkylation sites (N-methyl/N-ethyl adjacent to an activating group) is 1. The van der Waals surface area contributed by atoms with E-state index < -0.39 is 5.41 Å². The maximum atomic E-state index is 14.1. The average molecular weight is 440 g/mol. The van der Waals surface area contributed by atoms with E-state index in [2.05, 4.69) is 10.2 Å². The molecule has 2 aromatic rings. The molecule has 0 bridgehead atoms. The maximum Gasteiger partial charge on any atom is 0.251 e. The van der Waals surface area contributed by atoms with E-state index in [1.807, 2.05) is 36.2 Å². The van der Waals surface area contributed by atoms with E-state index in [1.54, 1.807) is 19.2 Å². The summed E-state index contributed by atoms with van der Waals surface area (Å²) in [6, 6.07) is 14.0. The minimum absolute atomic E-state index is 0.0262. The largest absolute Gasteiger partial charge is 0.381 e. The zero-order valence-electron chi connectivity index (χ0n) is 18.6. The van der Waals surface area contributed by atoms with Crippen molar-refractivity contribution in [3.05, 3.63) is 71.0 Å². The molecule has 6 nitrogen and oxygen atoms in total. The van der Waals surface area contributed by atoms with E-state index in [0.717, 1.165) is 17.7 Å². The number of amides is 2. The summed E-state index contributed by atoms with van der Waals surface area (Å²) in [7, 11) is 3.65. The second-order valence-corrected chi connectivity index (χ2v) is 8.66. The van der Waals surface area contributed by atoms with Gasteiger partial charge in [-0.05, 0) is 55.3 Å². The molecule has 2 aliphatic heterocycles. The number of piperazine rings is 1. The van der Waals surface area contributed by atoms with Crippen molar-refractivity contribution in [1.29, 1.82) is 0 Å². The summed E-state index contributed by atoms with van der Waals surface area (Å²) in [5.74, 6) is -0.430. The molecule has 2 aromatic carbocycles. The number of nitrogens with one attached hydrogen (secondary N) is 1. The molecule has 0 radical (unpaired) electrons. The van der Waals surface area contributed by atoms with E-state index in [9.17, 15) is 14.0 Å². The van der Waals surface area contributed by atoms with Crippen molar-refractivity contribution in [1.82, 2.24) is 15.1 Å². The third-order valence-corrected chi connectivity index (χ3v) is 6.83. The molecule has 2 saturated heterocycles. The lowest BCUT2D eigenvalue weighted by Gasteiger charge is -2.45. The van der Waals surface area contributed by atoms with Crippen LogP contribution in [0.4, 0.5) is 4.39 Å². The van der Waals surface area contributed by atoms with Crippen LogP contribution in [0.2, 0.25) is 0 Å². The van der Waals surface area contributed by atoms with Crippen molar-refractivity contribution < 1.29 is 18.7 Å². The Labute approximate surface area is 188 Å². The molecule has 0 saturated carbocycles. The molecule has 4 rings (SSSR count). The molecule has 32 heavy (non-hydrogen) atoms. The Balaban J connectivity index is 1.63. The third-order valence-electron chi connectivity index (χ3n) is 6.83. The van der Waals surface area contributed by atoms with Crippen molar-refractivity contribution in [3.63, 3.8) is 0 Å². The van der Waals surface area contributed by atoms with Gasteiger partial charge < -0.3 is 15.0 Å². The second-order valence-electron chi connectivity index (χ2n) is 8.66. The monoisotopic (exact) mass is 439 g/mol. The number of benzene rings is 2. The van der Waals surface area contributed by atoms with E-state index in [1.165, 1.54) is 12.1 Å². The Morgan fingerprint density at radius 1 is 1.09 bits per heavy atom. The van der Waals surface area contributed by atoms with Gasteiger partial charge in [-0.1, -0.05) is 24.3 Å². The quantitative estimate of drug-likeness (QED) is 0.796. The van der Waals surface area contributed by atoms with Gasteiger partial charge in [0, 0.05) is 45.5 Å². The van der Waals surface area contributed by atoms with Gasteiger partial charge in [0.15, 0.2) is 0 Å². The smallest absolute Gasteiger partial charge is 0.251 e. The predicted octanol–water partition coefficient (Wildman–Crippen LogP) is 2.75.